The molecule has 0 saturated carbocycles. The maximum absolute atomic E-state index is 13.7. The number of halogens is 6. The number of aryl methyl sites for hydroxylation is 2. The molecule has 4 amide bonds. The summed E-state index contributed by atoms with van der Waals surface area (Å²) in [6, 6.07) is 30.7. The number of rotatable bonds is 10. The third-order valence-electron chi connectivity index (χ3n) is 13.1. The molecule has 0 aliphatic carbocycles. The van der Waals surface area contributed by atoms with Gasteiger partial charge in [-0.25, -0.2) is 9.36 Å². The van der Waals surface area contributed by atoms with E-state index < -0.39 is 0 Å². The van der Waals surface area contributed by atoms with E-state index in [1.807, 2.05) is 117 Å². The summed E-state index contributed by atoms with van der Waals surface area (Å²) in [7, 11) is 3.27. The van der Waals surface area contributed by atoms with Gasteiger partial charge in [0.2, 0.25) is 11.8 Å². The van der Waals surface area contributed by atoms with Crippen molar-refractivity contribution in [2.75, 3.05) is 66.6 Å². The number of nitrogens with zero attached hydrogens (tertiary/aromatic N) is 8. The second-order valence-electron chi connectivity index (χ2n) is 17.8. The van der Waals surface area contributed by atoms with Crippen molar-refractivity contribution < 1.29 is 64.2 Å². The number of anilines is 4. The van der Waals surface area contributed by atoms with Crippen LogP contribution in [0.1, 0.15) is 104 Å². The third-order valence-corrected chi connectivity index (χ3v) is 13.1. The summed E-state index contributed by atoms with van der Waals surface area (Å²) >= 11 is 14.8. The molecule has 446 valence electrons. The van der Waals surface area contributed by atoms with Crippen LogP contribution in [0.2, 0.25) is 0 Å². The van der Waals surface area contributed by atoms with Crippen LogP contribution in [-0.2, 0) is 64.3 Å². The van der Waals surface area contributed by atoms with Crippen LogP contribution in [-0.4, -0.2) is 108 Å². The molecule has 27 heteroatoms. The Labute approximate surface area is 560 Å². The van der Waals surface area contributed by atoms with Gasteiger partial charge in [-0.1, -0.05) is 13.8 Å². The molecule has 6 heterocycles. The average molecular weight is 1890 g/mol. The molecule has 10 rings (SSSR count). The van der Waals surface area contributed by atoms with Crippen LogP contribution >= 0.6 is 120 Å². The number of methoxy groups -OCH3 is 2. The molecule has 83 heavy (non-hydrogen) atoms. The number of carbonyl (C=O) groups excluding carboxylic acids is 8. The topological polar surface area (TPSA) is 224 Å². The summed E-state index contributed by atoms with van der Waals surface area (Å²) in [6.07, 6.45) is 8.73. The first-order valence-corrected chi connectivity index (χ1v) is 53.0. The van der Waals surface area contributed by atoms with Crippen molar-refractivity contribution in [2.45, 2.75) is 85.0 Å². The molecule has 1 N–H and O–H groups in total. The fourth-order valence-electron chi connectivity index (χ4n) is 9.53. The van der Waals surface area contributed by atoms with Gasteiger partial charge < -0.3 is 34.2 Å². The van der Waals surface area contributed by atoms with Crippen LogP contribution in [0.4, 0.5) is 22.7 Å². The number of carbonyl (C=O) groups is 4. The van der Waals surface area contributed by atoms with Crippen molar-refractivity contribution in [1.29, 1.82) is 0 Å². The van der Waals surface area contributed by atoms with Crippen LogP contribution in [0.3, 0.4) is 0 Å². The van der Waals surface area contributed by atoms with E-state index in [1.165, 1.54) is 0 Å². The molecule has 4 aliphatic heterocycles. The number of hydrogen-bond acceptors (Lipinski definition) is 13. The van der Waals surface area contributed by atoms with Crippen molar-refractivity contribution in [3.63, 3.8) is 0 Å². The molecule has 0 spiro atoms. The number of benzene rings is 4. The minimum atomic E-state index is -0.278. The van der Waals surface area contributed by atoms with Gasteiger partial charge in [0, 0.05) is 80.9 Å². The van der Waals surface area contributed by atoms with Crippen molar-refractivity contribution >= 4 is 179 Å². The Kier molecular flexibility index (Phi) is 33.5. The van der Waals surface area contributed by atoms with Gasteiger partial charge in [0.05, 0.1) is 37.0 Å². The predicted molar refractivity (Wildman–Crippen MR) is 364 cm³/mol. The third kappa shape index (κ3) is 21.1. The number of ether oxygens (including phenoxy) is 2. The molecule has 19 nitrogen and oxygen atoms in total. The van der Waals surface area contributed by atoms with Crippen LogP contribution in [0.25, 0.3) is 11.4 Å². The van der Waals surface area contributed by atoms with Crippen molar-refractivity contribution in [2.24, 2.45) is 0 Å². The first-order chi connectivity index (χ1) is 39.9. The van der Waals surface area contributed by atoms with Crippen molar-refractivity contribution in [3.05, 3.63) is 131 Å². The normalized spacial score (nSPS) is 14.1. The zero-order chi connectivity index (χ0) is 61.2. The molecule has 2 saturated heterocycles. The summed E-state index contributed by atoms with van der Waals surface area (Å²) < 4.78 is 14.1. The monoisotopic (exact) mass is 1890 g/mol. The number of hydrogen-bond donors (Lipinski definition) is 1. The molecular weight excluding hydrogens is 1820 g/mol. The Balaban J connectivity index is 0.000000344. The molecular formula is C56H64I6N8O11V2. The molecule has 2 aromatic heterocycles. The Morgan fingerprint density at radius 2 is 0.735 bits per heavy atom. The van der Waals surface area contributed by atoms with Gasteiger partial charge in [0.25, 0.3) is 11.8 Å². The van der Waals surface area contributed by atoms with E-state index in [1.54, 1.807) is 30.5 Å². The van der Waals surface area contributed by atoms with E-state index in [0.717, 1.165) is 133 Å². The maximum atomic E-state index is 13.7. The van der Waals surface area contributed by atoms with Gasteiger partial charge in [-0.2, -0.15) is 29.4 Å². The fourth-order valence-corrected chi connectivity index (χ4v) is 9.53. The standard InChI is InChI=1S/2C26H28N4O3.C2H6O.2CO2.6HI.2V.H2/c2*1-3-23-22-15-17-29(19-9-7-18(8-10-19)28-16-5-4-6-24(28)31)26(32)25(22)30(27-23)20-11-13-21(33-2)14-12-20;1-2-3;2*2-1-3;;;;;;;;;/h2*7-14H,3-6,15-17H2,1-2H3;3H,2H2,1H3;;;6*1H;;;1H/q;;;;;;;;;;;2*+3;/p-6/i;;;;;;;;;;;;;1+2. The molecule has 0 unspecified atom stereocenters. The Morgan fingerprint density at radius 1 is 0.470 bits per heavy atom. The Bertz CT molecular complexity index is 2920. The number of fused-ring (bicyclic) bond motifs is 2. The first-order valence-electron chi connectivity index (χ1n) is 26.0. The quantitative estimate of drug-likeness (QED) is 0.126. The minimum absolute atomic E-state index is 0. The summed E-state index contributed by atoms with van der Waals surface area (Å²) in [6.45, 7) is 8.79. The van der Waals surface area contributed by atoms with Crippen LogP contribution in [0.15, 0.2) is 97.1 Å². The average Bonchev–Trinajstić information content (AvgIpc) is 3.31. The number of aliphatic hydroxyl groups is 1. The van der Waals surface area contributed by atoms with Crippen molar-refractivity contribution in [3.8, 4) is 22.9 Å². The van der Waals surface area contributed by atoms with Gasteiger partial charge in [-0.15, -0.1) is 0 Å². The van der Waals surface area contributed by atoms with Gasteiger partial charge in [-0.3, -0.25) is 19.2 Å². The van der Waals surface area contributed by atoms with E-state index in [9.17, 15) is 19.2 Å². The molecule has 0 radical (unpaired) electrons. The first kappa shape index (κ1) is 72.5. The zero-order valence-corrected chi connectivity index (χ0v) is 61.9. The summed E-state index contributed by atoms with van der Waals surface area (Å²) in [5.74, 6) is 1.75. The molecule has 4 aliphatic rings. The van der Waals surface area contributed by atoms with Crippen LogP contribution < -0.4 is 29.1 Å². The zero-order valence-electron chi connectivity index (χ0n) is 46.1. The van der Waals surface area contributed by atoms with E-state index in [-0.39, 0.29) is 53.8 Å². The molecule has 0 bridgehead atoms. The van der Waals surface area contributed by atoms with E-state index in [2.05, 4.69) is 134 Å². The van der Waals surface area contributed by atoms with Gasteiger partial charge in [0.15, 0.2) is 0 Å². The number of aromatic nitrogens is 4. The summed E-state index contributed by atoms with van der Waals surface area (Å²) in [5.41, 5.74) is 10.4. The Morgan fingerprint density at radius 3 is 0.988 bits per heavy atom. The van der Waals surface area contributed by atoms with Gasteiger partial charge in [0.1, 0.15) is 22.9 Å². The van der Waals surface area contributed by atoms with Crippen LogP contribution in [0, 0.1) is 0 Å². The second kappa shape index (κ2) is 38.4. The van der Waals surface area contributed by atoms with Crippen LogP contribution in [0.5, 0.6) is 11.5 Å². The number of piperidine rings is 2. The van der Waals surface area contributed by atoms with E-state index >= 15 is 0 Å². The van der Waals surface area contributed by atoms with Gasteiger partial charge >= 0.3 is 142 Å². The molecule has 6 aromatic rings. The second-order valence-corrected chi connectivity index (χ2v) is 88.5. The fraction of sp³-hybridized carbons (Fsp3) is 0.357. The molecule has 4 aromatic carbocycles. The predicted octanol–water partition coefficient (Wildman–Crippen LogP) is 12.7. The number of aliphatic hydroxyl groups excluding tert-OH is 1. The molecule has 2 fully saturated rings. The van der Waals surface area contributed by atoms with Crippen molar-refractivity contribution in [1.82, 2.24) is 19.6 Å². The Hall–Kier alpha value is -2.95. The number of amides is 4. The SMILES string of the molecule is CCO.CCc1nn(-c2ccc(OC)cc2)c2c1CCN(c1ccc(N3CCCCC3=O)cc1)C2=O.CCc1nn(-c2ccc(OC)cc2)c2c1CCN(c1ccc(N3CCCCC3=O)cc1)C2=O.O=C=O.O=C=O.[3HH].[I][V]([I])[I].[I][V]([I])[I]. The van der Waals surface area contributed by atoms with E-state index in [0.29, 0.717) is 37.3 Å². The molecule has 0 atom stereocenters. The summed E-state index contributed by atoms with van der Waals surface area (Å²) in [4.78, 5) is 91.1. The summed E-state index contributed by atoms with van der Waals surface area (Å²) in [5, 5.41) is 17.1. The van der Waals surface area contributed by atoms with E-state index in [4.69, 9.17) is 44.0 Å². The van der Waals surface area contributed by atoms with Gasteiger partial charge in [-0.05, 0) is 155 Å².